The molecule has 0 atom stereocenters. The van der Waals surface area contributed by atoms with Crippen molar-refractivity contribution >= 4 is 17.4 Å². The number of carbonyl (C=O) groups is 1. The number of anilines is 2. The van der Waals surface area contributed by atoms with Crippen LogP contribution in [-0.4, -0.2) is 22.7 Å². The summed E-state index contributed by atoms with van der Waals surface area (Å²) in [5.74, 6) is 0.384. The third kappa shape index (κ3) is 3.13. The molecule has 0 saturated heterocycles. The molecule has 2 rings (SSSR count). The normalized spacial score (nSPS) is 10.5. The molecule has 0 spiro atoms. The Morgan fingerprint density at radius 1 is 1.32 bits per heavy atom. The number of carbonyl (C=O) groups excluding carboxylic acids is 1. The highest BCUT2D eigenvalue weighted by Gasteiger charge is 2.12. The van der Waals surface area contributed by atoms with Crippen LogP contribution in [0.15, 0.2) is 30.5 Å². The SMILES string of the molecule is Cc1cc(C)cc(N(C)C(=O)Cn2ccc(N)n2)c1. The van der Waals surface area contributed by atoms with Crippen molar-refractivity contribution in [3.8, 4) is 0 Å². The first-order valence-corrected chi connectivity index (χ1v) is 6.09. The van der Waals surface area contributed by atoms with Crippen molar-refractivity contribution < 1.29 is 4.79 Å². The zero-order chi connectivity index (χ0) is 14.0. The molecular formula is C14H18N4O. The van der Waals surface area contributed by atoms with Gasteiger partial charge in [0.1, 0.15) is 12.4 Å². The molecule has 2 aromatic rings. The Labute approximate surface area is 112 Å². The molecule has 100 valence electrons. The number of nitrogen functional groups attached to an aromatic ring is 1. The Morgan fingerprint density at radius 2 is 1.95 bits per heavy atom. The van der Waals surface area contributed by atoms with Crippen LogP contribution in [-0.2, 0) is 11.3 Å². The summed E-state index contributed by atoms with van der Waals surface area (Å²) in [4.78, 5) is 13.8. The van der Waals surface area contributed by atoms with Crippen molar-refractivity contribution in [2.45, 2.75) is 20.4 Å². The summed E-state index contributed by atoms with van der Waals surface area (Å²) in [7, 11) is 1.77. The van der Waals surface area contributed by atoms with Crippen LogP contribution in [0.2, 0.25) is 0 Å². The van der Waals surface area contributed by atoms with Crippen molar-refractivity contribution in [1.82, 2.24) is 9.78 Å². The van der Waals surface area contributed by atoms with E-state index in [9.17, 15) is 4.79 Å². The fourth-order valence-corrected chi connectivity index (χ4v) is 2.00. The van der Waals surface area contributed by atoms with E-state index in [0.29, 0.717) is 5.82 Å². The number of aromatic nitrogens is 2. The van der Waals surface area contributed by atoms with Gasteiger partial charge in [-0.15, -0.1) is 0 Å². The number of amides is 1. The summed E-state index contributed by atoms with van der Waals surface area (Å²) in [5.41, 5.74) is 8.69. The average Bonchev–Trinajstić information content (AvgIpc) is 2.72. The Bertz CT molecular complexity index is 583. The molecule has 0 radical (unpaired) electrons. The Morgan fingerprint density at radius 3 is 2.47 bits per heavy atom. The van der Waals surface area contributed by atoms with Gasteiger partial charge in [-0.05, 0) is 43.2 Å². The third-order valence-electron chi connectivity index (χ3n) is 2.93. The number of nitrogens with zero attached hydrogens (tertiary/aromatic N) is 3. The molecule has 0 aliphatic heterocycles. The van der Waals surface area contributed by atoms with E-state index in [1.807, 2.05) is 26.0 Å². The molecule has 19 heavy (non-hydrogen) atoms. The van der Waals surface area contributed by atoms with Crippen LogP contribution in [0, 0.1) is 13.8 Å². The second-order valence-electron chi connectivity index (χ2n) is 4.74. The lowest BCUT2D eigenvalue weighted by Crippen LogP contribution is -2.30. The maximum absolute atomic E-state index is 12.2. The largest absolute Gasteiger partial charge is 0.382 e. The second kappa shape index (κ2) is 5.14. The van der Waals surface area contributed by atoms with Gasteiger partial charge in [0, 0.05) is 18.9 Å². The third-order valence-corrected chi connectivity index (χ3v) is 2.93. The van der Waals surface area contributed by atoms with E-state index in [2.05, 4.69) is 11.2 Å². The molecular weight excluding hydrogens is 240 g/mol. The first-order chi connectivity index (χ1) is 8.95. The van der Waals surface area contributed by atoms with Crippen molar-refractivity contribution in [3.63, 3.8) is 0 Å². The van der Waals surface area contributed by atoms with Gasteiger partial charge in [-0.1, -0.05) is 6.07 Å². The first kappa shape index (κ1) is 13.1. The smallest absolute Gasteiger partial charge is 0.248 e. The lowest BCUT2D eigenvalue weighted by Gasteiger charge is -2.18. The summed E-state index contributed by atoms with van der Waals surface area (Å²) in [6.45, 7) is 4.22. The number of benzene rings is 1. The van der Waals surface area contributed by atoms with E-state index in [-0.39, 0.29) is 12.5 Å². The predicted octanol–water partition coefficient (Wildman–Crippen LogP) is 1.75. The van der Waals surface area contributed by atoms with Gasteiger partial charge in [0.15, 0.2) is 0 Å². The molecule has 1 aromatic heterocycles. The topological polar surface area (TPSA) is 64.2 Å². The van der Waals surface area contributed by atoms with Crippen LogP contribution in [0.1, 0.15) is 11.1 Å². The molecule has 0 fully saturated rings. The predicted molar refractivity (Wildman–Crippen MR) is 76.0 cm³/mol. The first-order valence-electron chi connectivity index (χ1n) is 6.09. The van der Waals surface area contributed by atoms with E-state index in [4.69, 9.17) is 5.73 Å². The van der Waals surface area contributed by atoms with Crippen LogP contribution in [0.4, 0.5) is 11.5 Å². The lowest BCUT2D eigenvalue weighted by molar-refractivity contribution is -0.119. The summed E-state index contributed by atoms with van der Waals surface area (Å²) in [5, 5.41) is 4.01. The molecule has 1 aromatic carbocycles. The van der Waals surface area contributed by atoms with Crippen LogP contribution >= 0.6 is 0 Å². The van der Waals surface area contributed by atoms with E-state index >= 15 is 0 Å². The fourth-order valence-electron chi connectivity index (χ4n) is 2.00. The minimum atomic E-state index is -0.0342. The molecule has 2 N–H and O–H groups in total. The Balaban J connectivity index is 2.14. The van der Waals surface area contributed by atoms with Crippen LogP contribution in [0.25, 0.3) is 0 Å². The maximum Gasteiger partial charge on any atom is 0.248 e. The van der Waals surface area contributed by atoms with Crippen LogP contribution < -0.4 is 10.6 Å². The second-order valence-corrected chi connectivity index (χ2v) is 4.74. The lowest BCUT2D eigenvalue weighted by atomic mass is 10.1. The average molecular weight is 258 g/mol. The zero-order valence-electron chi connectivity index (χ0n) is 11.4. The van der Waals surface area contributed by atoms with Crippen molar-refractivity contribution in [2.75, 3.05) is 17.7 Å². The summed E-state index contributed by atoms with van der Waals surface area (Å²) < 4.78 is 1.54. The molecule has 0 saturated carbocycles. The number of aryl methyl sites for hydroxylation is 2. The highest BCUT2D eigenvalue weighted by molar-refractivity contribution is 5.92. The van der Waals surface area contributed by atoms with E-state index in [0.717, 1.165) is 16.8 Å². The highest BCUT2D eigenvalue weighted by Crippen LogP contribution is 2.17. The molecule has 5 heteroatoms. The van der Waals surface area contributed by atoms with E-state index < -0.39 is 0 Å². The minimum absolute atomic E-state index is 0.0342. The van der Waals surface area contributed by atoms with Gasteiger partial charge in [0.2, 0.25) is 5.91 Å². The molecule has 5 nitrogen and oxygen atoms in total. The van der Waals surface area contributed by atoms with Crippen LogP contribution in [0.5, 0.6) is 0 Å². The molecule has 0 aliphatic carbocycles. The zero-order valence-corrected chi connectivity index (χ0v) is 11.4. The standard InChI is InChI=1S/C14H18N4O/c1-10-6-11(2)8-12(7-10)17(3)14(19)9-18-5-4-13(15)16-18/h4-8H,9H2,1-3H3,(H2,15,16). The van der Waals surface area contributed by atoms with Gasteiger partial charge >= 0.3 is 0 Å². The van der Waals surface area contributed by atoms with Gasteiger partial charge in [-0.25, -0.2) is 0 Å². The van der Waals surface area contributed by atoms with Crippen molar-refractivity contribution in [1.29, 1.82) is 0 Å². The number of rotatable bonds is 3. The van der Waals surface area contributed by atoms with Gasteiger partial charge in [0.25, 0.3) is 0 Å². The van der Waals surface area contributed by atoms with Gasteiger partial charge in [0.05, 0.1) is 0 Å². The van der Waals surface area contributed by atoms with Crippen LogP contribution in [0.3, 0.4) is 0 Å². The number of hydrogen-bond donors (Lipinski definition) is 1. The highest BCUT2D eigenvalue weighted by atomic mass is 16.2. The van der Waals surface area contributed by atoms with Crippen molar-refractivity contribution in [2.24, 2.45) is 0 Å². The minimum Gasteiger partial charge on any atom is -0.382 e. The van der Waals surface area contributed by atoms with E-state index in [1.54, 1.807) is 24.2 Å². The van der Waals surface area contributed by atoms with Crippen molar-refractivity contribution in [3.05, 3.63) is 41.6 Å². The van der Waals surface area contributed by atoms with Gasteiger partial charge in [-0.3, -0.25) is 9.48 Å². The molecule has 0 aliphatic rings. The Kier molecular flexibility index (Phi) is 3.55. The fraction of sp³-hybridized carbons (Fsp3) is 0.286. The molecule has 0 unspecified atom stereocenters. The maximum atomic E-state index is 12.2. The molecule has 1 heterocycles. The number of nitrogens with two attached hydrogens (primary N) is 1. The molecule has 0 bridgehead atoms. The summed E-state index contributed by atoms with van der Waals surface area (Å²) >= 11 is 0. The summed E-state index contributed by atoms with van der Waals surface area (Å²) in [6, 6.07) is 7.73. The van der Waals surface area contributed by atoms with E-state index in [1.165, 1.54) is 4.68 Å². The summed E-state index contributed by atoms with van der Waals surface area (Å²) in [6.07, 6.45) is 1.70. The monoisotopic (exact) mass is 258 g/mol. The Hall–Kier alpha value is -2.30. The number of hydrogen-bond acceptors (Lipinski definition) is 3. The molecule has 1 amide bonds. The van der Waals surface area contributed by atoms with Gasteiger partial charge < -0.3 is 10.6 Å². The number of likely N-dealkylation sites (N-methyl/N-ethyl adjacent to an activating group) is 1. The quantitative estimate of drug-likeness (QED) is 0.912. The van der Waals surface area contributed by atoms with Gasteiger partial charge in [-0.2, -0.15) is 5.10 Å².